The van der Waals surface area contributed by atoms with Crippen molar-refractivity contribution in [2.24, 2.45) is 0 Å². The summed E-state index contributed by atoms with van der Waals surface area (Å²) in [6.07, 6.45) is 0. The van der Waals surface area contributed by atoms with E-state index in [2.05, 4.69) is 24.1 Å². The first kappa shape index (κ1) is 13.7. The number of hydrogen-bond acceptors (Lipinski definition) is 3. The van der Waals surface area contributed by atoms with Gasteiger partial charge in [0.25, 0.3) is 0 Å². The summed E-state index contributed by atoms with van der Waals surface area (Å²) in [4.78, 5) is 13.4. The lowest BCUT2D eigenvalue weighted by molar-refractivity contribution is -0.118. The number of carbonyl (C=O) groups excluding carboxylic acids is 1. The zero-order valence-corrected chi connectivity index (χ0v) is 10.4. The Morgan fingerprint density at radius 2 is 2.06 bits per heavy atom. The van der Waals surface area contributed by atoms with Gasteiger partial charge in [0.05, 0.1) is 0 Å². The second-order valence-electron chi connectivity index (χ2n) is 3.87. The van der Waals surface area contributed by atoms with Crippen molar-refractivity contribution in [2.45, 2.75) is 20.4 Å². The Kier molecular flexibility index (Phi) is 5.66. The molecule has 0 unspecified atom stereocenters. The molecular formula is C13H20N2O2. The fraction of sp³-hybridized carbons (Fsp3) is 0.462. The standard InChI is InChI=1S/C13H20N2O2/c1-3-15(4-2)9-11-6-5-7-12(8-11)14-13(17)10-16/h5-8,16H,3-4,9-10H2,1-2H3,(H,14,17). The van der Waals surface area contributed by atoms with Crippen molar-refractivity contribution in [1.82, 2.24) is 4.90 Å². The number of aliphatic hydroxyl groups is 1. The van der Waals surface area contributed by atoms with E-state index in [0.29, 0.717) is 0 Å². The SMILES string of the molecule is CCN(CC)Cc1cccc(NC(=O)CO)c1. The number of anilines is 1. The first-order chi connectivity index (χ1) is 8.19. The first-order valence-electron chi connectivity index (χ1n) is 5.91. The Labute approximate surface area is 102 Å². The zero-order valence-electron chi connectivity index (χ0n) is 10.4. The van der Waals surface area contributed by atoms with Crippen LogP contribution in [0.3, 0.4) is 0 Å². The van der Waals surface area contributed by atoms with Gasteiger partial charge in [-0.05, 0) is 30.8 Å². The molecule has 1 amide bonds. The van der Waals surface area contributed by atoms with Gasteiger partial charge >= 0.3 is 0 Å². The van der Waals surface area contributed by atoms with Crippen LogP contribution in [0.4, 0.5) is 5.69 Å². The fourth-order valence-corrected chi connectivity index (χ4v) is 1.65. The molecule has 94 valence electrons. The van der Waals surface area contributed by atoms with Crippen molar-refractivity contribution in [3.63, 3.8) is 0 Å². The zero-order chi connectivity index (χ0) is 12.7. The van der Waals surface area contributed by atoms with E-state index in [4.69, 9.17) is 5.11 Å². The van der Waals surface area contributed by atoms with Crippen LogP contribution in [0.15, 0.2) is 24.3 Å². The molecule has 0 heterocycles. The predicted molar refractivity (Wildman–Crippen MR) is 68.8 cm³/mol. The van der Waals surface area contributed by atoms with E-state index in [1.807, 2.05) is 24.3 Å². The number of nitrogens with zero attached hydrogens (tertiary/aromatic N) is 1. The van der Waals surface area contributed by atoms with E-state index in [1.165, 1.54) is 0 Å². The van der Waals surface area contributed by atoms with Crippen LogP contribution in [0, 0.1) is 0 Å². The van der Waals surface area contributed by atoms with E-state index in [9.17, 15) is 4.79 Å². The van der Waals surface area contributed by atoms with Crippen molar-refractivity contribution in [2.75, 3.05) is 25.0 Å². The highest BCUT2D eigenvalue weighted by Gasteiger charge is 2.03. The third-order valence-electron chi connectivity index (χ3n) is 2.65. The van der Waals surface area contributed by atoms with Gasteiger partial charge < -0.3 is 10.4 Å². The quantitative estimate of drug-likeness (QED) is 0.786. The molecule has 0 aliphatic carbocycles. The molecule has 17 heavy (non-hydrogen) atoms. The van der Waals surface area contributed by atoms with Crippen molar-refractivity contribution in [3.05, 3.63) is 29.8 Å². The molecule has 0 fully saturated rings. The molecule has 0 bridgehead atoms. The van der Waals surface area contributed by atoms with Gasteiger partial charge in [-0.15, -0.1) is 0 Å². The molecule has 0 aliphatic heterocycles. The van der Waals surface area contributed by atoms with Crippen LogP contribution in [0.5, 0.6) is 0 Å². The maximum absolute atomic E-state index is 11.1. The van der Waals surface area contributed by atoms with Gasteiger partial charge in [0.2, 0.25) is 5.91 Å². The van der Waals surface area contributed by atoms with Crippen LogP contribution in [0.25, 0.3) is 0 Å². The highest BCUT2D eigenvalue weighted by atomic mass is 16.3. The molecule has 1 aromatic carbocycles. The summed E-state index contributed by atoms with van der Waals surface area (Å²) in [5.41, 5.74) is 1.89. The topological polar surface area (TPSA) is 52.6 Å². The molecule has 1 aromatic rings. The Morgan fingerprint density at radius 1 is 1.35 bits per heavy atom. The summed E-state index contributed by atoms with van der Waals surface area (Å²) in [5.74, 6) is -0.384. The van der Waals surface area contributed by atoms with E-state index in [0.717, 1.165) is 30.9 Å². The molecular weight excluding hydrogens is 216 g/mol. The monoisotopic (exact) mass is 236 g/mol. The molecule has 0 aliphatic rings. The normalized spacial score (nSPS) is 10.6. The van der Waals surface area contributed by atoms with E-state index >= 15 is 0 Å². The van der Waals surface area contributed by atoms with E-state index < -0.39 is 6.61 Å². The highest BCUT2D eigenvalue weighted by Crippen LogP contribution is 2.12. The Bertz CT molecular complexity index is 362. The largest absolute Gasteiger partial charge is 0.387 e. The Balaban J connectivity index is 2.68. The van der Waals surface area contributed by atoms with Crippen molar-refractivity contribution in [3.8, 4) is 0 Å². The highest BCUT2D eigenvalue weighted by molar-refractivity contribution is 5.91. The number of rotatable bonds is 6. The first-order valence-corrected chi connectivity index (χ1v) is 5.91. The van der Waals surface area contributed by atoms with Gasteiger partial charge in [-0.25, -0.2) is 0 Å². The summed E-state index contributed by atoms with van der Waals surface area (Å²) in [6.45, 7) is 6.64. The number of nitrogens with one attached hydrogen (secondary N) is 1. The molecule has 2 N–H and O–H groups in total. The molecule has 0 atom stereocenters. The van der Waals surface area contributed by atoms with Crippen molar-refractivity contribution in [1.29, 1.82) is 0 Å². The average Bonchev–Trinajstić information content (AvgIpc) is 2.36. The molecule has 0 saturated carbocycles. The number of hydrogen-bond donors (Lipinski definition) is 2. The second kappa shape index (κ2) is 7.04. The summed E-state index contributed by atoms with van der Waals surface area (Å²) in [7, 11) is 0. The number of benzene rings is 1. The third-order valence-corrected chi connectivity index (χ3v) is 2.65. The smallest absolute Gasteiger partial charge is 0.250 e. The van der Waals surface area contributed by atoms with Gasteiger partial charge in [0, 0.05) is 12.2 Å². The number of aliphatic hydroxyl groups excluding tert-OH is 1. The lowest BCUT2D eigenvalue weighted by Gasteiger charge is -2.18. The maximum atomic E-state index is 11.1. The van der Waals surface area contributed by atoms with Crippen LogP contribution in [0.1, 0.15) is 19.4 Å². The minimum absolute atomic E-state index is 0.384. The van der Waals surface area contributed by atoms with E-state index in [1.54, 1.807) is 0 Å². The molecule has 0 aromatic heterocycles. The number of amides is 1. The summed E-state index contributed by atoms with van der Waals surface area (Å²) in [5, 5.41) is 11.3. The summed E-state index contributed by atoms with van der Waals surface area (Å²) < 4.78 is 0. The molecule has 1 rings (SSSR count). The van der Waals surface area contributed by atoms with Gasteiger partial charge in [0.15, 0.2) is 0 Å². The van der Waals surface area contributed by atoms with Gasteiger partial charge in [-0.1, -0.05) is 26.0 Å². The second-order valence-corrected chi connectivity index (χ2v) is 3.87. The molecule has 4 heteroatoms. The molecule has 0 saturated heterocycles. The maximum Gasteiger partial charge on any atom is 0.250 e. The third kappa shape index (κ3) is 4.54. The van der Waals surface area contributed by atoms with Crippen LogP contribution in [-0.4, -0.2) is 35.6 Å². The average molecular weight is 236 g/mol. The molecule has 0 spiro atoms. The van der Waals surface area contributed by atoms with Gasteiger partial charge in [-0.2, -0.15) is 0 Å². The lowest BCUT2D eigenvalue weighted by Crippen LogP contribution is -2.22. The summed E-state index contributed by atoms with van der Waals surface area (Å²) >= 11 is 0. The molecule has 0 radical (unpaired) electrons. The fourth-order valence-electron chi connectivity index (χ4n) is 1.65. The van der Waals surface area contributed by atoms with Gasteiger partial charge in [0.1, 0.15) is 6.61 Å². The summed E-state index contributed by atoms with van der Waals surface area (Å²) in [6, 6.07) is 7.70. The van der Waals surface area contributed by atoms with E-state index in [-0.39, 0.29) is 5.91 Å². The molecule has 4 nitrogen and oxygen atoms in total. The van der Waals surface area contributed by atoms with Crippen LogP contribution in [0.2, 0.25) is 0 Å². The van der Waals surface area contributed by atoms with Crippen molar-refractivity contribution >= 4 is 11.6 Å². The number of carbonyl (C=O) groups is 1. The van der Waals surface area contributed by atoms with Crippen LogP contribution < -0.4 is 5.32 Å². The van der Waals surface area contributed by atoms with Crippen molar-refractivity contribution < 1.29 is 9.90 Å². The lowest BCUT2D eigenvalue weighted by atomic mass is 10.2. The minimum Gasteiger partial charge on any atom is -0.387 e. The van der Waals surface area contributed by atoms with Gasteiger partial charge in [-0.3, -0.25) is 9.69 Å². The van der Waals surface area contributed by atoms with Crippen LogP contribution >= 0.6 is 0 Å². The Hall–Kier alpha value is -1.39. The Morgan fingerprint density at radius 3 is 2.65 bits per heavy atom. The minimum atomic E-state index is -0.486. The predicted octanol–water partition coefficient (Wildman–Crippen LogP) is 1.46. The van der Waals surface area contributed by atoms with Crippen LogP contribution in [-0.2, 0) is 11.3 Å².